The summed E-state index contributed by atoms with van der Waals surface area (Å²) < 4.78 is 10.6. The first-order valence-corrected chi connectivity index (χ1v) is 9.83. The number of carbonyl (C=O) groups excluding carboxylic acids is 1. The summed E-state index contributed by atoms with van der Waals surface area (Å²) in [5.74, 6) is 2.27. The van der Waals surface area contributed by atoms with Crippen LogP contribution >= 0.6 is 0 Å². The first-order valence-electron chi connectivity index (χ1n) is 9.83. The standard InChI is InChI=1S/C23H24N4O3/c1-29-18-9-7-17(8-10-18)20-15-22(25-16-24-20)26-11-13-27(14-12-26)23(28)19-5-3-4-6-21(19)30-2/h3-10,15-16H,11-14H2,1-2H3. The zero-order valence-electron chi connectivity index (χ0n) is 17.1. The summed E-state index contributed by atoms with van der Waals surface area (Å²) in [6.07, 6.45) is 1.58. The fourth-order valence-electron chi connectivity index (χ4n) is 3.57. The Hall–Kier alpha value is -3.61. The Balaban J connectivity index is 1.44. The van der Waals surface area contributed by atoms with Crippen LogP contribution in [0.1, 0.15) is 10.4 Å². The molecule has 0 saturated carbocycles. The molecule has 1 saturated heterocycles. The van der Waals surface area contributed by atoms with Crippen LogP contribution in [0.15, 0.2) is 60.9 Å². The number of para-hydroxylation sites is 1. The number of carbonyl (C=O) groups is 1. The normalized spacial score (nSPS) is 13.8. The van der Waals surface area contributed by atoms with Crippen molar-refractivity contribution in [1.82, 2.24) is 14.9 Å². The molecule has 7 nitrogen and oxygen atoms in total. The van der Waals surface area contributed by atoms with Crippen LogP contribution in [0.3, 0.4) is 0 Å². The number of rotatable bonds is 5. The first-order chi connectivity index (χ1) is 14.7. The van der Waals surface area contributed by atoms with Crippen molar-refractivity contribution in [1.29, 1.82) is 0 Å². The van der Waals surface area contributed by atoms with Crippen molar-refractivity contribution in [3.8, 4) is 22.8 Å². The number of hydrogen-bond donors (Lipinski definition) is 0. The van der Waals surface area contributed by atoms with Gasteiger partial charge in [-0.05, 0) is 36.4 Å². The number of benzene rings is 2. The Morgan fingerprint density at radius 1 is 0.900 bits per heavy atom. The Morgan fingerprint density at radius 2 is 1.63 bits per heavy atom. The van der Waals surface area contributed by atoms with Crippen molar-refractivity contribution in [2.75, 3.05) is 45.3 Å². The topological polar surface area (TPSA) is 67.8 Å². The Kier molecular flexibility index (Phi) is 5.79. The van der Waals surface area contributed by atoms with Crippen LogP contribution in [0.4, 0.5) is 5.82 Å². The van der Waals surface area contributed by atoms with Gasteiger partial charge in [-0.25, -0.2) is 9.97 Å². The molecule has 0 N–H and O–H groups in total. The molecule has 154 valence electrons. The minimum atomic E-state index is -0.00582. The molecule has 0 unspecified atom stereocenters. The summed E-state index contributed by atoms with van der Waals surface area (Å²) in [6.45, 7) is 2.66. The minimum Gasteiger partial charge on any atom is -0.497 e. The highest BCUT2D eigenvalue weighted by Gasteiger charge is 2.25. The van der Waals surface area contributed by atoms with E-state index in [1.165, 1.54) is 0 Å². The zero-order chi connectivity index (χ0) is 20.9. The number of methoxy groups -OCH3 is 2. The molecule has 2 heterocycles. The third-order valence-corrected chi connectivity index (χ3v) is 5.27. The summed E-state index contributed by atoms with van der Waals surface area (Å²) >= 11 is 0. The largest absolute Gasteiger partial charge is 0.497 e. The van der Waals surface area contributed by atoms with E-state index in [0.29, 0.717) is 37.5 Å². The molecule has 1 aliphatic heterocycles. The van der Waals surface area contributed by atoms with Crippen LogP contribution in [-0.2, 0) is 0 Å². The summed E-state index contributed by atoms with van der Waals surface area (Å²) in [7, 11) is 3.23. The van der Waals surface area contributed by atoms with Crippen molar-refractivity contribution < 1.29 is 14.3 Å². The van der Waals surface area contributed by atoms with Gasteiger partial charge in [0.1, 0.15) is 23.6 Å². The molecule has 0 bridgehead atoms. The lowest BCUT2D eigenvalue weighted by atomic mass is 10.1. The molecule has 3 aromatic rings. The molecule has 0 aliphatic carbocycles. The molecule has 1 aromatic heterocycles. The number of anilines is 1. The van der Waals surface area contributed by atoms with Gasteiger partial charge >= 0.3 is 0 Å². The van der Waals surface area contributed by atoms with E-state index in [-0.39, 0.29) is 5.91 Å². The van der Waals surface area contributed by atoms with Gasteiger partial charge in [0.05, 0.1) is 25.5 Å². The first kappa shape index (κ1) is 19.7. The molecule has 4 rings (SSSR count). The molecule has 30 heavy (non-hydrogen) atoms. The van der Waals surface area contributed by atoms with Gasteiger partial charge in [0.15, 0.2) is 0 Å². The second kappa shape index (κ2) is 8.82. The molecule has 1 fully saturated rings. The van der Waals surface area contributed by atoms with E-state index >= 15 is 0 Å². The molecule has 7 heteroatoms. The van der Waals surface area contributed by atoms with Gasteiger partial charge < -0.3 is 19.3 Å². The Labute approximate surface area is 175 Å². The molecule has 1 aliphatic rings. The maximum Gasteiger partial charge on any atom is 0.257 e. The van der Waals surface area contributed by atoms with Crippen LogP contribution in [-0.4, -0.2) is 61.2 Å². The minimum absolute atomic E-state index is 0.00582. The van der Waals surface area contributed by atoms with Crippen molar-refractivity contribution in [2.45, 2.75) is 0 Å². The van der Waals surface area contributed by atoms with Gasteiger partial charge in [0.2, 0.25) is 0 Å². The molecular weight excluding hydrogens is 380 g/mol. The van der Waals surface area contributed by atoms with Crippen molar-refractivity contribution in [2.24, 2.45) is 0 Å². The maximum absolute atomic E-state index is 12.9. The van der Waals surface area contributed by atoms with E-state index in [1.807, 2.05) is 53.4 Å². The number of ether oxygens (including phenoxy) is 2. The van der Waals surface area contributed by atoms with Gasteiger partial charge in [-0.2, -0.15) is 0 Å². The average Bonchev–Trinajstić information content (AvgIpc) is 2.84. The summed E-state index contributed by atoms with van der Waals surface area (Å²) in [5.41, 5.74) is 2.46. The third-order valence-electron chi connectivity index (χ3n) is 5.27. The lowest BCUT2D eigenvalue weighted by Crippen LogP contribution is -2.49. The maximum atomic E-state index is 12.9. The SMILES string of the molecule is COc1ccc(-c2cc(N3CCN(C(=O)c4ccccc4OC)CC3)ncn2)cc1. The molecule has 0 spiro atoms. The molecule has 1 amide bonds. The number of piperazine rings is 1. The highest BCUT2D eigenvalue weighted by molar-refractivity contribution is 5.97. The fourth-order valence-corrected chi connectivity index (χ4v) is 3.57. The highest BCUT2D eigenvalue weighted by Crippen LogP contribution is 2.25. The van der Waals surface area contributed by atoms with E-state index < -0.39 is 0 Å². The third kappa shape index (κ3) is 4.05. The van der Waals surface area contributed by atoms with E-state index in [4.69, 9.17) is 9.47 Å². The fraction of sp³-hybridized carbons (Fsp3) is 0.261. The summed E-state index contributed by atoms with van der Waals surface area (Å²) in [4.78, 5) is 25.8. The van der Waals surface area contributed by atoms with Gasteiger partial charge in [-0.3, -0.25) is 4.79 Å². The molecule has 2 aromatic carbocycles. The van der Waals surface area contributed by atoms with Gasteiger partial charge in [0, 0.05) is 37.8 Å². The van der Waals surface area contributed by atoms with E-state index in [2.05, 4.69) is 14.9 Å². The van der Waals surface area contributed by atoms with Crippen molar-refractivity contribution >= 4 is 11.7 Å². The van der Waals surface area contributed by atoms with Crippen molar-refractivity contribution in [3.05, 3.63) is 66.5 Å². The van der Waals surface area contributed by atoms with Crippen LogP contribution in [0.25, 0.3) is 11.3 Å². The lowest BCUT2D eigenvalue weighted by molar-refractivity contribution is 0.0743. The monoisotopic (exact) mass is 404 g/mol. The Morgan fingerprint density at radius 3 is 2.33 bits per heavy atom. The van der Waals surface area contributed by atoms with Gasteiger partial charge in [-0.15, -0.1) is 0 Å². The second-order valence-corrected chi connectivity index (χ2v) is 6.97. The van der Waals surface area contributed by atoms with E-state index in [1.54, 1.807) is 26.6 Å². The predicted octanol–water partition coefficient (Wildman–Crippen LogP) is 3.12. The van der Waals surface area contributed by atoms with Crippen LogP contribution in [0.5, 0.6) is 11.5 Å². The summed E-state index contributed by atoms with van der Waals surface area (Å²) in [5, 5.41) is 0. The number of aromatic nitrogens is 2. The number of hydrogen-bond acceptors (Lipinski definition) is 6. The average molecular weight is 404 g/mol. The van der Waals surface area contributed by atoms with Crippen LogP contribution < -0.4 is 14.4 Å². The Bertz CT molecular complexity index is 1010. The smallest absolute Gasteiger partial charge is 0.257 e. The lowest BCUT2D eigenvalue weighted by Gasteiger charge is -2.35. The zero-order valence-corrected chi connectivity index (χ0v) is 17.1. The van der Waals surface area contributed by atoms with Gasteiger partial charge in [-0.1, -0.05) is 12.1 Å². The number of amides is 1. The number of nitrogens with zero attached hydrogens (tertiary/aromatic N) is 4. The van der Waals surface area contributed by atoms with Crippen LogP contribution in [0, 0.1) is 0 Å². The van der Waals surface area contributed by atoms with E-state index in [9.17, 15) is 4.79 Å². The molecule has 0 atom stereocenters. The van der Waals surface area contributed by atoms with Gasteiger partial charge in [0.25, 0.3) is 5.91 Å². The highest BCUT2D eigenvalue weighted by atomic mass is 16.5. The predicted molar refractivity (Wildman–Crippen MR) is 115 cm³/mol. The quantitative estimate of drug-likeness (QED) is 0.651. The second-order valence-electron chi connectivity index (χ2n) is 6.97. The molecular formula is C23H24N4O3. The van der Waals surface area contributed by atoms with E-state index in [0.717, 1.165) is 22.8 Å². The van der Waals surface area contributed by atoms with Crippen molar-refractivity contribution in [3.63, 3.8) is 0 Å². The summed E-state index contributed by atoms with van der Waals surface area (Å²) in [6, 6.07) is 17.1. The van der Waals surface area contributed by atoms with Crippen LogP contribution in [0.2, 0.25) is 0 Å². The molecule has 0 radical (unpaired) electrons.